The molecule has 0 aliphatic carbocycles. The number of aliphatic imine (C=N–C) groups is 1. The van der Waals surface area contributed by atoms with Crippen LogP contribution in [0.1, 0.15) is 89.8 Å². The van der Waals surface area contributed by atoms with Gasteiger partial charge in [0.25, 0.3) is 0 Å². The van der Waals surface area contributed by atoms with Crippen LogP contribution in [0.2, 0.25) is 0 Å². The summed E-state index contributed by atoms with van der Waals surface area (Å²) < 4.78 is 12.0. The van der Waals surface area contributed by atoms with E-state index in [9.17, 15) is 9.59 Å². The van der Waals surface area contributed by atoms with Crippen molar-refractivity contribution in [2.75, 3.05) is 13.2 Å². The Bertz CT molecular complexity index is 992. The Morgan fingerprint density at radius 2 is 1.94 bits per heavy atom. The highest BCUT2D eigenvalue weighted by molar-refractivity contribution is 5.99. The number of benzene rings is 1. The third-order valence-corrected chi connectivity index (χ3v) is 7.57. The molecule has 0 aromatic heterocycles. The normalized spacial score (nSPS) is 30.0. The fourth-order valence-electron chi connectivity index (χ4n) is 5.95. The molecule has 2 amide bonds. The van der Waals surface area contributed by atoms with Crippen molar-refractivity contribution < 1.29 is 19.1 Å². The van der Waals surface area contributed by atoms with Crippen molar-refractivity contribution in [2.45, 2.75) is 103 Å². The molecule has 1 saturated heterocycles. The van der Waals surface area contributed by atoms with Crippen molar-refractivity contribution >= 4 is 17.8 Å². The summed E-state index contributed by atoms with van der Waals surface area (Å²) in [6.45, 7) is 9.09. The smallest absolute Gasteiger partial charge is 0.231 e. The molecule has 1 fully saturated rings. The van der Waals surface area contributed by atoms with Crippen LogP contribution in [-0.2, 0) is 20.7 Å². The fraction of sp³-hybridized carbons (Fsp3) is 0.679. The lowest BCUT2D eigenvalue weighted by Gasteiger charge is -2.41. The first kappa shape index (κ1) is 26.5. The predicted molar refractivity (Wildman–Crippen MR) is 140 cm³/mol. The first-order chi connectivity index (χ1) is 17.3. The quantitative estimate of drug-likeness (QED) is 0.565. The maximum atomic E-state index is 13.3. The summed E-state index contributed by atoms with van der Waals surface area (Å²) in [5.41, 5.74) is 8.24. The highest BCUT2D eigenvalue weighted by Gasteiger charge is 2.40. The number of nitrogens with two attached hydrogens (primary N) is 1. The van der Waals surface area contributed by atoms with Crippen LogP contribution in [-0.4, -0.2) is 53.6 Å². The minimum atomic E-state index is -0.371. The number of carbonyl (C=O) groups is 2. The molecule has 4 atom stereocenters. The van der Waals surface area contributed by atoms with Crippen LogP contribution in [0.15, 0.2) is 23.2 Å². The SMILES string of the molecule is CC.CC1(C)CC2NC(=O)CC3COCCC3N3C(=O)CC(CCCCc4ccc(c2c4)O1)N=C3N. The highest BCUT2D eigenvalue weighted by Crippen LogP contribution is 2.40. The molecule has 8 heteroatoms. The van der Waals surface area contributed by atoms with Gasteiger partial charge in [0.2, 0.25) is 11.8 Å². The fourth-order valence-corrected chi connectivity index (χ4v) is 5.95. The Labute approximate surface area is 215 Å². The van der Waals surface area contributed by atoms with Gasteiger partial charge in [-0.05, 0) is 51.2 Å². The third kappa shape index (κ3) is 5.85. The van der Waals surface area contributed by atoms with Crippen LogP contribution in [0.25, 0.3) is 0 Å². The van der Waals surface area contributed by atoms with Crippen LogP contribution in [0.3, 0.4) is 0 Å². The topological polar surface area (TPSA) is 106 Å². The largest absolute Gasteiger partial charge is 0.487 e. The lowest BCUT2D eigenvalue weighted by molar-refractivity contribution is -0.135. The van der Waals surface area contributed by atoms with Gasteiger partial charge in [0.1, 0.15) is 11.4 Å². The van der Waals surface area contributed by atoms with Gasteiger partial charge in [0, 0.05) is 43.4 Å². The standard InChI is InChI=1S/C26H36N4O4.C2H6/c1-26(2)14-20-19-11-16(7-8-22(19)34-26)5-3-4-6-18-13-24(32)30(25(27)28-18)21-9-10-33-15-17(21)12-23(31)29-20;1-2/h7-8,11,17-18,20-21H,3-6,9-10,12-15H2,1-2H3,(H2,27,28)(H,29,31);1-2H3. The molecule has 8 nitrogen and oxygen atoms in total. The zero-order valence-electron chi connectivity index (χ0n) is 22.2. The number of guanidine groups is 1. The maximum Gasteiger partial charge on any atom is 0.231 e. The van der Waals surface area contributed by atoms with Crippen LogP contribution >= 0.6 is 0 Å². The Kier molecular flexibility index (Phi) is 8.23. The second-order valence-corrected chi connectivity index (χ2v) is 10.8. The van der Waals surface area contributed by atoms with Gasteiger partial charge < -0.3 is 20.5 Å². The molecular weight excluding hydrogens is 456 g/mol. The first-order valence-corrected chi connectivity index (χ1v) is 13.6. The minimum Gasteiger partial charge on any atom is -0.487 e. The van der Waals surface area contributed by atoms with Crippen molar-refractivity contribution in [2.24, 2.45) is 16.6 Å². The van der Waals surface area contributed by atoms with Crippen LogP contribution in [0.5, 0.6) is 5.75 Å². The molecule has 5 aliphatic heterocycles. The zero-order chi connectivity index (χ0) is 25.9. The summed E-state index contributed by atoms with van der Waals surface area (Å²) in [6, 6.07) is 6.01. The van der Waals surface area contributed by atoms with Crippen LogP contribution in [0, 0.1) is 5.92 Å². The summed E-state index contributed by atoms with van der Waals surface area (Å²) in [5.74, 6) is 0.990. The monoisotopic (exact) mass is 498 g/mol. The van der Waals surface area contributed by atoms with E-state index in [4.69, 9.17) is 15.2 Å². The summed E-state index contributed by atoms with van der Waals surface area (Å²) in [7, 11) is 0. The maximum absolute atomic E-state index is 13.3. The van der Waals surface area contributed by atoms with Gasteiger partial charge in [-0.25, -0.2) is 4.99 Å². The summed E-state index contributed by atoms with van der Waals surface area (Å²) in [6.07, 6.45) is 5.78. The number of aryl methyl sites for hydroxylation is 1. The number of ether oxygens (including phenoxy) is 2. The van der Waals surface area contributed by atoms with Crippen molar-refractivity contribution in [3.63, 3.8) is 0 Å². The van der Waals surface area contributed by atoms with E-state index >= 15 is 0 Å². The van der Waals surface area contributed by atoms with Crippen molar-refractivity contribution in [3.05, 3.63) is 29.3 Å². The van der Waals surface area contributed by atoms with Crippen molar-refractivity contribution in [1.29, 1.82) is 0 Å². The van der Waals surface area contributed by atoms with E-state index in [1.54, 1.807) is 4.90 Å². The molecule has 3 N–H and O–H groups in total. The van der Waals surface area contributed by atoms with E-state index in [0.717, 1.165) is 37.0 Å². The van der Waals surface area contributed by atoms with Gasteiger partial charge in [0.05, 0.1) is 18.7 Å². The number of nitrogens with zero attached hydrogens (tertiary/aromatic N) is 2. The first-order valence-electron chi connectivity index (χ1n) is 13.6. The molecule has 5 heterocycles. The van der Waals surface area contributed by atoms with E-state index < -0.39 is 0 Å². The molecule has 4 bridgehead atoms. The zero-order valence-corrected chi connectivity index (χ0v) is 22.2. The average Bonchev–Trinajstić information content (AvgIpc) is 2.83. The molecule has 6 rings (SSSR count). The van der Waals surface area contributed by atoms with Gasteiger partial charge >= 0.3 is 0 Å². The van der Waals surface area contributed by atoms with E-state index in [1.165, 1.54) is 5.56 Å². The summed E-state index contributed by atoms with van der Waals surface area (Å²) in [5, 5.41) is 3.28. The molecular formula is C28H42N4O4. The van der Waals surface area contributed by atoms with Crippen LogP contribution in [0.4, 0.5) is 0 Å². The number of carbonyl (C=O) groups excluding carboxylic acids is 2. The highest BCUT2D eigenvalue weighted by atomic mass is 16.5. The number of hydrogen-bond acceptors (Lipinski definition) is 6. The molecule has 1 aromatic rings. The van der Waals surface area contributed by atoms with Gasteiger partial charge in [-0.15, -0.1) is 0 Å². The van der Waals surface area contributed by atoms with Crippen LogP contribution < -0.4 is 15.8 Å². The van der Waals surface area contributed by atoms with Gasteiger partial charge in [0.15, 0.2) is 5.96 Å². The number of hydrogen-bond donors (Lipinski definition) is 2. The molecule has 0 radical (unpaired) electrons. The molecule has 1 aromatic carbocycles. The minimum absolute atomic E-state index is 0.0154. The molecule has 36 heavy (non-hydrogen) atoms. The lowest BCUT2D eigenvalue weighted by Crippen LogP contribution is -2.57. The Balaban J connectivity index is 0.00000148. The average molecular weight is 499 g/mol. The van der Waals surface area contributed by atoms with Gasteiger partial charge in [-0.2, -0.15) is 0 Å². The van der Waals surface area contributed by atoms with Crippen molar-refractivity contribution in [1.82, 2.24) is 10.2 Å². The summed E-state index contributed by atoms with van der Waals surface area (Å²) in [4.78, 5) is 32.7. The van der Waals surface area contributed by atoms with Gasteiger partial charge in [-0.1, -0.05) is 32.4 Å². The molecule has 0 spiro atoms. The van der Waals surface area contributed by atoms with E-state index in [0.29, 0.717) is 38.4 Å². The Hall–Kier alpha value is -2.61. The Morgan fingerprint density at radius 1 is 1.14 bits per heavy atom. The van der Waals surface area contributed by atoms with Crippen molar-refractivity contribution in [3.8, 4) is 5.75 Å². The predicted octanol–water partition coefficient (Wildman–Crippen LogP) is 3.87. The van der Waals surface area contributed by atoms with Gasteiger partial charge in [-0.3, -0.25) is 14.5 Å². The van der Waals surface area contributed by atoms with E-state index in [2.05, 4.69) is 36.3 Å². The number of fused-ring (bicyclic) bond motifs is 6. The van der Waals surface area contributed by atoms with E-state index in [1.807, 2.05) is 19.9 Å². The second-order valence-electron chi connectivity index (χ2n) is 10.8. The number of amides is 2. The third-order valence-electron chi connectivity index (χ3n) is 7.57. The second kappa shape index (κ2) is 11.2. The lowest BCUT2D eigenvalue weighted by atomic mass is 9.87. The molecule has 4 unspecified atom stereocenters. The van der Waals surface area contributed by atoms with E-state index in [-0.39, 0.29) is 47.9 Å². The number of nitrogens with one attached hydrogen (secondary N) is 1. The summed E-state index contributed by atoms with van der Waals surface area (Å²) >= 11 is 0. The molecule has 0 saturated carbocycles. The number of rotatable bonds is 0. The molecule has 198 valence electrons. The Morgan fingerprint density at radius 3 is 2.72 bits per heavy atom. The molecule has 5 aliphatic rings.